The summed E-state index contributed by atoms with van der Waals surface area (Å²) >= 11 is 1.58. The molecular weight excluding hydrogens is 322 g/mol. The Morgan fingerprint density at radius 1 is 1.33 bits per heavy atom. The second-order valence-corrected chi connectivity index (χ2v) is 7.61. The third kappa shape index (κ3) is 2.69. The Labute approximate surface area is 143 Å². The molecule has 0 fully saturated rings. The molecule has 3 heterocycles. The van der Waals surface area contributed by atoms with Crippen LogP contribution >= 0.6 is 11.3 Å². The second-order valence-electron chi connectivity index (χ2n) is 6.53. The van der Waals surface area contributed by atoms with Crippen molar-refractivity contribution < 1.29 is 4.79 Å². The molecule has 1 N–H and O–H groups in total. The summed E-state index contributed by atoms with van der Waals surface area (Å²) in [6.45, 7) is 6.14. The molecule has 7 heteroatoms. The lowest BCUT2D eigenvalue weighted by atomic mass is 9.93. The van der Waals surface area contributed by atoms with E-state index in [4.69, 9.17) is 0 Å². The van der Waals surface area contributed by atoms with Crippen molar-refractivity contribution in [2.75, 3.05) is 5.32 Å². The smallest absolute Gasteiger partial charge is 0.278 e. The van der Waals surface area contributed by atoms with Gasteiger partial charge in [-0.3, -0.25) is 10.1 Å². The molecule has 0 saturated carbocycles. The lowest BCUT2D eigenvalue weighted by molar-refractivity contribution is 0.102. The van der Waals surface area contributed by atoms with Crippen LogP contribution in [0.4, 0.5) is 5.13 Å². The predicted molar refractivity (Wildman–Crippen MR) is 93.7 cm³/mol. The molecule has 3 aromatic heterocycles. The largest absolute Gasteiger partial charge is 0.296 e. The SMILES string of the molecule is Cc1cc(C)n2nc(C(=O)Nc3nc4c(s3)CC(C)CC4)cc2n1. The molecule has 0 spiro atoms. The first-order chi connectivity index (χ1) is 11.5. The third-order valence-corrected chi connectivity index (χ3v) is 5.41. The van der Waals surface area contributed by atoms with E-state index in [1.807, 2.05) is 19.9 Å². The maximum atomic E-state index is 12.5. The van der Waals surface area contributed by atoms with Gasteiger partial charge in [0.05, 0.1) is 5.69 Å². The van der Waals surface area contributed by atoms with Gasteiger partial charge in [-0.1, -0.05) is 6.92 Å². The van der Waals surface area contributed by atoms with E-state index in [1.54, 1.807) is 21.9 Å². The summed E-state index contributed by atoms with van der Waals surface area (Å²) in [7, 11) is 0. The average Bonchev–Trinajstić information content (AvgIpc) is 3.10. The number of thiazole rings is 1. The van der Waals surface area contributed by atoms with Gasteiger partial charge < -0.3 is 0 Å². The van der Waals surface area contributed by atoms with Gasteiger partial charge in [0.15, 0.2) is 16.5 Å². The molecule has 1 amide bonds. The molecule has 0 bridgehead atoms. The summed E-state index contributed by atoms with van der Waals surface area (Å²) in [6.07, 6.45) is 3.22. The monoisotopic (exact) mass is 341 g/mol. The number of fused-ring (bicyclic) bond motifs is 2. The zero-order valence-corrected chi connectivity index (χ0v) is 14.8. The standard InChI is InChI=1S/C17H19N5OS/c1-9-4-5-12-14(6-9)24-17(19-12)20-16(23)13-8-15-18-10(2)7-11(3)22(15)21-13/h7-9H,4-6H2,1-3H3,(H,19,20,23). The van der Waals surface area contributed by atoms with Crippen molar-refractivity contribution in [3.63, 3.8) is 0 Å². The van der Waals surface area contributed by atoms with Crippen molar-refractivity contribution in [3.05, 3.63) is 39.8 Å². The minimum atomic E-state index is -0.239. The predicted octanol–water partition coefficient (Wildman–Crippen LogP) is 3.18. The Morgan fingerprint density at radius 3 is 3.00 bits per heavy atom. The number of rotatable bonds is 2. The van der Waals surface area contributed by atoms with Crippen LogP contribution in [0.3, 0.4) is 0 Å². The first kappa shape index (κ1) is 15.3. The zero-order chi connectivity index (χ0) is 16.8. The Hall–Kier alpha value is -2.28. The topological polar surface area (TPSA) is 72.2 Å². The van der Waals surface area contributed by atoms with Crippen molar-refractivity contribution in [1.29, 1.82) is 0 Å². The van der Waals surface area contributed by atoms with Crippen LogP contribution in [0.1, 0.15) is 45.8 Å². The van der Waals surface area contributed by atoms with Gasteiger partial charge in [-0.2, -0.15) is 5.10 Å². The normalized spacial score (nSPS) is 17.0. The Balaban J connectivity index is 1.59. The number of amides is 1. The molecule has 0 aliphatic heterocycles. The fourth-order valence-electron chi connectivity index (χ4n) is 3.15. The van der Waals surface area contributed by atoms with Crippen LogP contribution in [0, 0.1) is 19.8 Å². The summed E-state index contributed by atoms with van der Waals surface area (Å²) in [6, 6.07) is 3.66. The van der Waals surface area contributed by atoms with Crippen LogP contribution < -0.4 is 5.32 Å². The molecule has 0 saturated heterocycles. The molecule has 0 radical (unpaired) electrons. The van der Waals surface area contributed by atoms with Crippen LogP contribution in [-0.2, 0) is 12.8 Å². The van der Waals surface area contributed by atoms with E-state index in [2.05, 4.69) is 27.3 Å². The number of carbonyl (C=O) groups excluding carboxylic acids is 1. The fourth-order valence-corrected chi connectivity index (χ4v) is 4.32. The van der Waals surface area contributed by atoms with E-state index in [9.17, 15) is 4.79 Å². The molecule has 0 aromatic carbocycles. The maximum absolute atomic E-state index is 12.5. The average molecular weight is 341 g/mol. The van der Waals surface area contributed by atoms with Gasteiger partial charge in [0.25, 0.3) is 5.91 Å². The molecule has 124 valence electrons. The van der Waals surface area contributed by atoms with Crippen LogP contribution in [0.15, 0.2) is 12.1 Å². The fraction of sp³-hybridized carbons (Fsp3) is 0.412. The molecule has 24 heavy (non-hydrogen) atoms. The summed E-state index contributed by atoms with van der Waals surface area (Å²) in [5, 5.41) is 7.92. The highest BCUT2D eigenvalue weighted by Crippen LogP contribution is 2.32. The molecule has 1 unspecified atom stereocenters. The first-order valence-electron chi connectivity index (χ1n) is 8.13. The number of carbonyl (C=O) groups is 1. The Bertz CT molecular complexity index is 942. The van der Waals surface area contributed by atoms with Gasteiger partial charge in [0.1, 0.15) is 0 Å². The third-order valence-electron chi connectivity index (χ3n) is 4.37. The van der Waals surface area contributed by atoms with Crippen molar-refractivity contribution in [2.24, 2.45) is 5.92 Å². The minimum absolute atomic E-state index is 0.239. The van der Waals surface area contributed by atoms with Gasteiger partial charge in [0, 0.05) is 22.3 Å². The summed E-state index contributed by atoms with van der Waals surface area (Å²) in [4.78, 5) is 22.8. The highest BCUT2D eigenvalue weighted by molar-refractivity contribution is 7.15. The van der Waals surface area contributed by atoms with E-state index in [0.29, 0.717) is 22.4 Å². The van der Waals surface area contributed by atoms with E-state index < -0.39 is 0 Å². The number of aryl methyl sites for hydroxylation is 3. The zero-order valence-electron chi connectivity index (χ0n) is 14.0. The summed E-state index contributed by atoms with van der Waals surface area (Å²) in [5.41, 5.74) is 4.04. The van der Waals surface area contributed by atoms with Gasteiger partial charge in [-0.05, 0) is 45.1 Å². The Morgan fingerprint density at radius 2 is 2.17 bits per heavy atom. The van der Waals surface area contributed by atoms with Crippen LogP contribution in [-0.4, -0.2) is 25.5 Å². The van der Waals surface area contributed by atoms with Gasteiger partial charge in [-0.15, -0.1) is 11.3 Å². The van der Waals surface area contributed by atoms with Crippen molar-refractivity contribution >= 4 is 28.0 Å². The number of hydrogen-bond acceptors (Lipinski definition) is 5. The molecule has 1 aliphatic carbocycles. The summed E-state index contributed by atoms with van der Waals surface area (Å²) in [5.74, 6) is 0.453. The maximum Gasteiger partial charge on any atom is 0.278 e. The minimum Gasteiger partial charge on any atom is -0.296 e. The van der Waals surface area contributed by atoms with Crippen LogP contribution in [0.2, 0.25) is 0 Å². The van der Waals surface area contributed by atoms with E-state index in [1.165, 1.54) is 11.3 Å². The van der Waals surface area contributed by atoms with E-state index >= 15 is 0 Å². The number of anilines is 1. The highest BCUT2D eigenvalue weighted by Gasteiger charge is 2.21. The number of hydrogen-bond donors (Lipinski definition) is 1. The first-order valence-corrected chi connectivity index (χ1v) is 8.95. The van der Waals surface area contributed by atoms with E-state index in [0.717, 1.165) is 29.9 Å². The van der Waals surface area contributed by atoms with E-state index in [-0.39, 0.29) is 5.91 Å². The highest BCUT2D eigenvalue weighted by atomic mass is 32.1. The van der Waals surface area contributed by atoms with Gasteiger partial charge in [-0.25, -0.2) is 14.5 Å². The Kier molecular flexibility index (Phi) is 3.60. The molecule has 3 aromatic rings. The summed E-state index contributed by atoms with van der Waals surface area (Å²) < 4.78 is 1.69. The van der Waals surface area contributed by atoms with Crippen LogP contribution in [0.5, 0.6) is 0 Å². The van der Waals surface area contributed by atoms with Crippen molar-refractivity contribution in [2.45, 2.75) is 40.0 Å². The number of aromatic nitrogens is 4. The van der Waals surface area contributed by atoms with Gasteiger partial charge >= 0.3 is 0 Å². The molecular formula is C17H19N5OS. The second kappa shape index (κ2) is 5.66. The van der Waals surface area contributed by atoms with Gasteiger partial charge in [0.2, 0.25) is 0 Å². The lowest BCUT2D eigenvalue weighted by Crippen LogP contribution is -2.13. The number of nitrogens with zero attached hydrogens (tertiary/aromatic N) is 4. The van der Waals surface area contributed by atoms with Crippen molar-refractivity contribution in [1.82, 2.24) is 19.6 Å². The number of nitrogens with one attached hydrogen (secondary N) is 1. The van der Waals surface area contributed by atoms with Crippen LogP contribution in [0.25, 0.3) is 5.65 Å². The molecule has 1 aliphatic rings. The molecule has 6 nitrogen and oxygen atoms in total. The molecule has 1 atom stereocenters. The lowest BCUT2D eigenvalue weighted by Gasteiger charge is -2.15. The molecule has 4 rings (SSSR count). The quantitative estimate of drug-likeness (QED) is 0.777. The van der Waals surface area contributed by atoms with Crippen molar-refractivity contribution in [3.8, 4) is 0 Å².